The van der Waals surface area contributed by atoms with Crippen molar-refractivity contribution in [1.29, 1.82) is 0 Å². The molecule has 64 valence electrons. The van der Waals surface area contributed by atoms with Crippen LogP contribution in [0.1, 0.15) is 12.8 Å². The molecule has 2 aliphatic rings. The molecule has 2 aliphatic heterocycles. The number of hydrogen-bond donors (Lipinski definition) is 2. The van der Waals surface area contributed by atoms with Crippen LogP contribution in [-0.2, 0) is 0 Å². The quantitative estimate of drug-likeness (QED) is 0.492. The minimum absolute atomic E-state index is 0.0649. The topological polar surface area (TPSA) is 35.5 Å². The maximum Gasteiger partial charge on any atom is 0.0570 e. The van der Waals surface area contributed by atoms with Crippen molar-refractivity contribution in [3.63, 3.8) is 0 Å². The van der Waals surface area contributed by atoms with Gasteiger partial charge in [0.25, 0.3) is 0 Å². The zero-order valence-electron chi connectivity index (χ0n) is 7.01. The number of aliphatic hydroxyl groups is 1. The van der Waals surface area contributed by atoms with Gasteiger partial charge in [0.05, 0.1) is 6.10 Å². The molecule has 11 heavy (non-hydrogen) atoms. The molecule has 0 radical (unpaired) electrons. The molecule has 1 spiro atoms. The fourth-order valence-corrected chi connectivity index (χ4v) is 2.36. The number of aliphatic hydroxyl groups excluding tert-OH is 1. The molecule has 1 atom stereocenters. The monoisotopic (exact) mass is 156 g/mol. The van der Waals surface area contributed by atoms with E-state index in [-0.39, 0.29) is 11.6 Å². The zero-order valence-corrected chi connectivity index (χ0v) is 7.01. The third-order valence-electron chi connectivity index (χ3n) is 2.75. The summed E-state index contributed by atoms with van der Waals surface area (Å²) in [5, 5.41) is 12.9. The molecule has 0 unspecified atom stereocenters. The van der Waals surface area contributed by atoms with Gasteiger partial charge in [0.15, 0.2) is 0 Å². The lowest BCUT2D eigenvalue weighted by Crippen LogP contribution is -2.70. The van der Waals surface area contributed by atoms with Crippen LogP contribution in [-0.4, -0.2) is 48.3 Å². The second kappa shape index (κ2) is 2.44. The third-order valence-corrected chi connectivity index (χ3v) is 2.75. The van der Waals surface area contributed by atoms with Crippen molar-refractivity contribution < 1.29 is 5.11 Å². The SMILES string of the molecule is CN1CC2(C[C@@H](O)CCN2)C1. The summed E-state index contributed by atoms with van der Waals surface area (Å²) < 4.78 is 0. The molecule has 0 aromatic carbocycles. The second-order valence-corrected chi connectivity index (χ2v) is 4.03. The minimum Gasteiger partial charge on any atom is -0.393 e. The largest absolute Gasteiger partial charge is 0.393 e. The lowest BCUT2D eigenvalue weighted by molar-refractivity contribution is -0.00893. The van der Waals surface area contributed by atoms with E-state index in [1.807, 2.05) is 0 Å². The number of nitrogens with one attached hydrogen (secondary N) is 1. The van der Waals surface area contributed by atoms with Gasteiger partial charge in [0.2, 0.25) is 0 Å². The van der Waals surface area contributed by atoms with Gasteiger partial charge in [-0.2, -0.15) is 0 Å². The van der Waals surface area contributed by atoms with E-state index < -0.39 is 0 Å². The molecule has 2 N–H and O–H groups in total. The first-order chi connectivity index (χ1) is 5.20. The molecule has 2 fully saturated rings. The summed E-state index contributed by atoms with van der Waals surface area (Å²) >= 11 is 0. The number of rotatable bonds is 0. The highest BCUT2D eigenvalue weighted by Crippen LogP contribution is 2.28. The Labute approximate surface area is 67.4 Å². The van der Waals surface area contributed by atoms with Crippen LogP contribution in [0.2, 0.25) is 0 Å². The van der Waals surface area contributed by atoms with E-state index in [0.717, 1.165) is 32.5 Å². The van der Waals surface area contributed by atoms with Gasteiger partial charge in [-0.25, -0.2) is 0 Å². The van der Waals surface area contributed by atoms with Crippen molar-refractivity contribution >= 4 is 0 Å². The fraction of sp³-hybridized carbons (Fsp3) is 1.00. The average molecular weight is 156 g/mol. The number of nitrogens with zero attached hydrogens (tertiary/aromatic N) is 1. The number of piperidine rings is 1. The third kappa shape index (κ3) is 1.28. The van der Waals surface area contributed by atoms with Crippen molar-refractivity contribution in [2.45, 2.75) is 24.5 Å². The first-order valence-corrected chi connectivity index (χ1v) is 4.32. The Kier molecular flexibility index (Phi) is 1.67. The van der Waals surface area contributed by atoms with Gasteiger partial charge in [-0.1, -0.05) is 0 Å². The summed E-state index contributed by atoms with van der Waals surface area (Å²) in [7, 11) is 2.12. The zero-order chi connectivity index (χ0) is 7.90. The average Bonchev–Trinajstić information content (AvgIpc) is 1.84. The Bertz CT molecular complexity index is 149. The molecule has 0 bridgehead atoms. The smallest absolute Gasteiger partial charge is 0.0570 e. The Morgan fingerprint density at radius 3 is 2.82 bits per heavy atom. The molecule has 3 nitrogen and oxygen atoms in total. The molecule has 0 aromatic heterocycles. The molecule has 2 saturated heterocycles. The van der Waals surface area contributed by atoms with Crippen molar-refractivity contribution in [2.24, 2.45) is 0 Å². The Morgan fingerprint density at radius 1 is 1.55 bits per heavy atom. The van der Waals surface area contributed by atoms with Crippen molar-refractivity contribution in [2.75, 3.05) is 26.7 Å². The normalized spacial score (nSPS) is 37.1. The number of likely N-dealkylation sites (N-methyl/N-ethyl adjacent to an activating group) is 1. The first-order valence-electron chi connectivity index (χ1n) is 4.32. The maximum absolute atomic E-state index is 9.44. The molecule has 0 saturated carbocycles. The van der Waals surface area contributed by atoms with Crippen LogP contribution in [0.4, 0.5) is 0 Å². The fourth-order valence-electron chi connectivity index (χ4n) is 2.36. The van der Waals surface area contributed by atoms with Crippen LogP contribution in [0, 0.1) is 0 Å². The Morgan fingerprint density at radius 2 is 2.27 bits per heavy atom. The van der Waals surface area contributed by atoms with E-state index in [4.69, 9.17) is 0 Å². The van der Waals surface area contributed by atoms with Crippen LogP contribution >= 0.6 is 0 Å². The Balaban J connectivity index is 1.93. The highest BCUT2D eigenvalue weighted by atomic mass is 16.3. The number of hydrogen-bond acceptors (Lipinski definition) is 3. The maximum atomic E-state index is 9.44. The van der Waals surface area contributed by atoms with E-state index in [2.05, 4.69) is 17.3 Å². The summed E-state index contributed by atoms with van der Waals surface area (Å²) in [6.45, 7) is 3.18. The highest BCUT2D eigenvalue weighted by Gasteiger charge is 2.43. The molecule has 2 rings (SSSR count). The summed E-state index contributed by atoms with van der Waals surface area (Å²) in [4.78, 5) is 2.28. The first kappa shape index (κ1) is 7.53. The summed E-state index contributed by atoms with van der Waals surface area (Å²) in [5.74, 6) is 0. The van der Waals surface area contributed by atoms with Crippen molar-refractivity contribution in [3.8, 4) is 0 Å². The van der Waals surface area contributed by atoms with Crippen LogP contribution in [0.3, 0.4) is 0 Å². The molecular formula is C8H16N2O. The van der Waals surface area contributed by atoms with Gasteiger partial charge in [-0.05, 0) is 26.4 Å². The number of likely N-dealkylation sites (tertiary alicyclic amines) is 1. The van der Waals surface area contributed by atoms with Crippen LogP contribution in [0.15, 0.2) is 0 Å². The van der Waals surface area contributed by atoms with Crippen molar-refractivity contribution in [1.82, 2.24) is 10.2 Å². The van der Waals surface area contributed by atoms with Gasteiger partial charge in [0, 0.05) is 18.6 Å². The molecular weight excluding hydrogens is 140 g/mol. The standard InChI is InChI=1S/C8H16N2O/c1-10-5-8(6-10)4-7(11)2-3-9-8/h7,9,11H,2-6H2,1H3/t7-/m0/s1. The van der Waals surface area contributed by atoms with Crippen molar-refractivity contribution in [3.05, 3.63) is 0 Å². The van der Waals surface area contributed by atoms with E-state index in [1.54, 1.807) is 0 Å². The molecule has 2 heterocycles. The second-order valence-electron chi connectivity index (χ2n) is 4.03. The van der Waals surface area contributed by atoms with Gasteiger partial charge < -0.3 is 15.3 Å². The van der Waals surface area contributed by atoms with Gasteiger partial charge in [-0.15, -0.1) is 0 Å². The lowest BCUT2D eigenvalue weighted by atomic mass is 9.81. The Hall–Kier alpha value is -0.120. The molecule has 0 amide bonds. The predicted molar refractivity (Wildman–Crippen MR) is 43.5 cm³/mol. The van der Waals surface area contributed by atoms with E-state index >= 15 is 0 Å². The van der Waals surface area contributed by atoms with Crippen LogP contribution in [0.5, 0.6) is 0 Å². The summed E-state index contributed by atoms with van der Waals surface area (Å²) in [5.41, 5.74) is 0.270. The van der Waals surface area contributed by atoms with Gasteiger partial charge >= 0.3 is 0 Å². The molecule has 0 aliphatic carbocycles. The minimum atomic E-state index is -0.0649. The van der Waals surface area contributed by atoms with Gasteiger partial charge in [-0.3, -0.25) is 0 Å². The lowest BCUT2D eigenvalue weighted by Gasteiger charge is -2.52. The predicted octanol–water partition coefficient (Wildman–Crippen LogP) is -0.585. The van der Waals surface area contributed by atoms with E-state index in [0.29, 0.717) is 0 Å². The van der Waals surface area contributed by atoms with Crippen LogP contribution < -0.4 is 5.32 Å². The highest BCUT2D eigenvalue weighted by molar-refractivity contribution is 5.04. The van der Waals surface area contributed by atoms with E-state index in [9.17, 15) is 5.11 Å². The van der Waals surface area contributed by atoms with Gasteiger partial charge in [0.1, 0.15) is 0 Å². The van der Waals surface area contributed by atoms with E-state index in [1.165, 1.54) is 0 Å². The molecule has 0 aromatic rings. The van der Waals surface area contributed by atoms with Crippen LogP contribution in [0.25, 0.3) is 0 Å². The molecule has 3 heteroatoms. The summed E-state index contributed by atoms with van der Waals surface area (Å²) in [6, 6.07) is 0. The summed E-state index contributed by atoms with van der Waals surface area (Å²) in [6.07, 6.45) is 1.80.